The Bertz CT molecular complexity index is 644. The number of hydrogen-bond donors (Lipinski definition) is 2. The molecule has 0 saturated heterocycles. The molecule has 0 saturated carbocycles. The molecule has 1 heterocycles. The van der Waals surface area contributed by atoms with Gasteiger partial charge in [0, 0.05) is 11.2 Å². The molecule has 0 aromatic heterocycles. The van der Waals surface area contributed by atoms with Gasteiger partial charge < -0.3 is 15.2 Å². The Hall–Kier alpha value is -1.74. The van der Waals surface area contributed by atoms with E-state index in [4.69, 9.17) is 22.7 Å². The fraction of sp³-hybridized carbons (Fsp3) is 0.286. The van der Waals surface area contributed by atoms with Crippen molar-refractivity contribution < 1.29 is 17.9 Å². The van der Waals surface area contributed by atoms with Crippen molar-refractivity contribution in [1.82, 2.24) is 4.72 Å². The minimum absolute atomic E-state index is 0.0409. The number of ether oxygens (including phenoxy) is 1. The van der Waals surface area contributed by atoms with Crippen LogP contribution in [0.1, 0.15) is 5.56 Å². The number of hydrogen-bond acceptors (Lipinski definition) is 3. The molecule has 0 bridgehead atoms. The lowest BCUT2D eigenvalue weighted by atomic mass is 10.2. The third kappa shape index (κ3) is 4.61. The lowest BCUT2D eigenvalue weighted by Gasteiger charge is -2.31. The number of rotatable bonds is 5. The fourth-order valence-corrected chi connectivity index (χ4v) is 4.84. The maximum absolute atomic E-state index is 12.8. The van der Waals surface area contributed by atoms with Gasteiger partial charge >= 0.3 is 6.18 Å². The van der Waals surface area contributed by atoms with Crippen molar-refractivity contribution in [3.8, 4) is 5.75 Å². The summed E-state index contributed by atoms with van der Waals surface area (Å²) in [4.78, 5) is 3.50. The van der Waals surface area contributed by atoms with Crippen LogP contribution in [-0.4, -0.2) is 29.7 Å². The van der Waals surface area contributed by atoms with Crippen molar-refractivity contribution in [2.24, 2.45) is 10.7 Å². The molecule has 4 nitrogen and oxygen atoms in total. The lowest BCUT2D eigenvalue weighted by molar-refractivity contribution is -0.0919. The van der Waals surface area contributed by atoms with Gasteiger partial charge in [-0.3, -0.25) is 0 Å². The lowest BCUT2D eigenvalue weighted by Crippen LogP contribution is -2.33. The third-order valence-electron chi connectivity index (χ3n) is 3.17. The number of nitrogens with two attached hydrogens (primary N) is 1. The predicted octanol–water partition coefficient (Wildman–Crippen LogP) is 3.24. The number of nitrogens with zero attached hydrogens (tertiary/aromatic N) is 1. The highest BCUT2D eigenvalue weighted by molar-refractivity contribution is 8.45. The molecule has 1 unspecified atom stereocenters. The summed E-state index contributed by atoms with van der Waals surface area (Å²) in [5.41, 5.74) is 6.83. The molecule has 9 heteroatoms. The van der Waals surface area contributed by atoms with E-state index in [2.05, 4.69) is 9.71 Å². The molecular weight excluding hydrogens is 347 g/mol. The molecular formula is C14H16F3N3OS2. The zero-order valence-corrected chi connectivity index (χ0v) is 13.9. The van der Waals surface area contributed by atoms with Crippen LogP contribution in [-0.2, 0) is 6.42 Å². The first kappa shape index (κ1) is 17.6. The van der Waals surface area contributed by atoms with Crippen LogP contribution in [0.5, 0.6) is 5.75 Å². The average Bonchev–Trinajstić information content (AvgIpc) is 2.89. The Morgan fingerprint density at radius 3 is 2.48 bits per heavy atom. The molecule has 0 fully saturated rings. The molecule has 3 N–H and O–H groups in total. The van der Waals surface area contributed by atoms with Gasteiger partial charge in [-0.25, -0.2) is 4.99 Å². The van der Waals surface area contributed by atoms with Crippen LogP contribution in [0, 0.1) is 0 Å². The van der Waals surface area contributed by atoms with Gasteiger partial charge in [0.25, 0.3) is 0 Å². The van der Waals surface area contributed by atoms with E-state index in [-0.39, 0.29) is 5.11 Å². The normalized spacial score (nSPS) is 23.0. The maximum Gasteiger partial charge on any atom is 0.433 e. The van der Waals surface area contributed by atoms with Gasteiger partial charge in [-0.05, 0) is 36.3 Å². The third-order valence-corrected chi connectivity index (χ3v) is 6.01. The van der Waals surface area contributed by atoms with E-state index < -0.39 is 22.1 Å². The molecule has 1 aromatic carbocycles. The number of halogens is 3. The molecule has 2 rings (SSSR count). The van der Waals surface area contributed by atoms with Gasteiger partial charge in [-0.15, -0.1) is 10.2 Å². The van der Waals surface area contributed by atoms with E-state index in [0.717, 1.165) is 16.7 Å². The van der Waals surface area contributed by atoms with E-state index in [1.54, 1.807) is 19.2 Å². The van der Waals surface area contributed by atoms with Crippen LogP contribution < -0.4 is 15.2 Å². The Labute approximate surface area is 139 Å². The van der Waals surface area contributed by atoms with Gasteiger partial charge in [-0.1, -0.05) is 12.1 Å². The smallest absolute Gasteiger partial charge is 0.433 e. The number of allylic oxidation sites excluding steroid dienone is 1. The standard InChI is InChI=1S/C14H16F3N3OS2/c1-21-11-4-2-10(3-5-11)6-7-23(20-13(18)22)8-12(19-9-23)14(15,16)17/h2-5,8-9H,6-7H2,1H3,(H3,18,20,22). The highest BCUT2D eigenvalue weighted by atomic mass is 32.3. The van der Waals surface area contributed by atoms with Crippen LogP contribution in [0.4, 0.5) is 13.2 Å². The summed E-state index contributed by atoms with van der Waals surface area (Å²) in [6.45, 7) is 0. The Morgan fingerprint density at radius 1 is 1.35 bits per heavy atom. The van der Waals surface area contributed by atoms with Crippen molar-refractivity contribution in [2.75, 3.05) is 12.9 Å². The minimum atomic E-state index is -4.48. The van der Waals surface area contributed by atoms with Crippen LogP contribution in [0.25, 0.3) is 0 Å². The summed E-state index contributed by atoms with van der Waals surface area (Å²) in [5, 5.41) is 1.07. The summed E-state index contributed by atoms with van der Waals surface area (Å²) < 4.78 is 46.3. The quantitative estimate of drug-likeness (QED) is 0.789. The number of aliphatic imine (C=N–C) groups is 1. The first-order valence-electron chi connectivity index (χ1n) is 6.58. The largest absolute Gasteiger partial charge is 0.497 e. The predicted molar refractivity (Wildman–Crippen MR) is 91.7 cm³/mol. The van der Waals surface area contributed by atoms with Gasteiger partial charge in [0.15, 0.2) is 10.8 Å². The molecule has 1 atom stereocenters. The van der Waals surface area contributed by atoms with Crippen molar-refractivity contribution >= 4 is 33.1 Å². The summed E-state index contributed by atoms with van der Waals surface area (Å²) >= 11 is 4.80. The summed E-state index contributed by atoms with van der Waals surface area (Å²) in [6, 6.07) is 7.34. The molecule has 0 aliphatic carbocycles. The zero-order valence-electron chi connectivity index (χ0n) is 12.3. The second kappa shape index (κ2) is 6.79. The molecule has 23 heavy (non-hydrogen) atoms. The topological polar surface area (TPSA) is 59.6 Å². The van der Waals surface area contributed by atoms with Gasteiger partial charge in [0.05, 0.1) is 12.7 Å². The van der Waals surface area contributed by atoms with E-state index in [1.807, 2.05) is 12.1 Å². The number of alkyl halides is 3. The Morgan fingerprint density at radius 2 is 2.00 bits per heavy atom. The average molecular weight is 363 g/mol. The van der Waals surface area contributed by atoms with Crippen LogP contribution >= 0.6 is 22.4 Å². The summed E-state index contributed by atoms with van der Waals surface area (Å²) in [5.74, 6) is 1.14. The van der Waals surface area contributed by atoms with E-state index in [0.29, 0.717) is 12.2 Å². The van der Waals surface area contributed by atoms with Gasteiger partial charge in [0.2, 0.25) is 0 Å². The van der Waals surface area contributed by atoms with Crippen LogP contribution in [0.3, 0.4) is 0 Å². The second-order valence-corrected chi connectivity index (χ2v) is 8.05. The first-order chi connectivity index (χ1) is 10.7. The molecule has 126 valence electrons. The minimum Gasteiger partial charge on any atom is -0.497 e. The monoisotopic (exact) mass is 363 g/mol. The fourth-order valence-electron chi connectivity index (χ4n) is 2.04. The van der Waals surface area contributed by atoms with Crippen molar-refractivity contribution in [3.05, 3.63) is 40.9 Å². The summed E-state index contributed by atoms with van der Waals surface area (Å²) in [6.07, 6.45) is -3.92. The summed E-state index contributed by atoms with van der Waals surface area (Å²) in [7, 11) is -0.560. The number of thiocarbonyl (C=S) groups is 1. The molecule has 0 spiro atoms. The van der Waals surface area contributed by atoms with Crippen LogP contribution in [0.15, 0.2) is 40.4 Å². The molecule has 0 radical (unpaired) electrons. The Balaban J connectivity index is 2.15. The van der Waals surface area contributed by atoms with Gasteiger partial charge in [0.1, 0.15) is 5.75 Å². The van der Waals surface area contributed by atoms with E-state index >= 15 is 0 Å². The van der Waals surface area contributed by atoms with Crippen molar-refractivity contribution in [3.63, 3.8) is 0 Å². The Kier molecular flexibility index (Phi) is 5.20. The number of aryl methyl sites for hydroxylation is 1. The zero-order chi connectivity index (χ0) is 17.1. The SMILES string of the molecule is COc1ccc(CCS2(NC(N)=S)C=NC(C(F)(F)F)=C2)cc1. The van der Waals surface area contributed by atoms with E-state index in [9.17, 15) is 13.2 Å². The van der Waals surface area contributed by atoms with Crippen molar-refractivity contribution in [2.45, 2.75) is 12.6 Å². The maximum atomic E-state index is 12.8. The highest BCUT2D eigenvalue weighted by Gasteiger charge is 2.39. The number of methoxy groups -OCH3 is 1. The second-order valence-electron chi connectivity index (χ2n) is 4.85. The molecule has 1 aliphatic rings. The van der Waals surface area contributed by atoms with E-state index in [1.165, 1.54) is 5.55 Å². The molecule has 1 aromatic rings. The van der Waals surface area contributed by atoms with Crippen molar-refractivity contribution in [1.29, 1.82) is 0 Å². The molecule has 1 aliphatic heterocycles. The number of nitrogens with one attached hydrogen (secondary N) is 1. The van der Waals surface area contributed by atoms with Gasteiger partial charge in [-0.2, -0.15) is 13.2 Å². The highest BCUT2D eigenvalue weighted by Crippen LogP contribution is 2.50. The van der Waals surface area contributed by atoms with Crippen LogP contribution in [0.2, 0.25) is 0 Å². The first-order valence-corrected chi connectivity index (χ1v) is 8.92. The molecule has 0 amide bonds. The number of benzene rings is 1.